The first-order valence-corrected chi connectivity index (χ1v) is 13.2. The van der Waals surface area contributed by atoms with Gasteiger partial charge < -0.3 is 14.3 Å². The van der Waals surface area contributed by atoms with Gasteiger partial charge in [0.2, 0.25) is 0 Å². The van der Waals surface area contributed by atoms with Gasteiger partial charge in [-0.15, -0.1) is 5.10 Å². The van der Waals surface area contributed by atoms with Gasteiger partial charge >= 0.3 is 0 Å². The van der Waals surface area contributed by atoms with Crippen LogP contribution in [0.5, 0.6) is 5.75 Å². The molecule has 0 spiro atoms. The minimum atomic E-state index is -0.501. The molecular formula is C30H24ClN7O3. The van der Waals surface area contributed by atoms with Gasteiger partial charge in [-0.05, 0) is 59.3 Å². The molecule has 1 atom stereocenters. The summed E-state index contributed by atoms with van der Waals surface area (Å²) >= 11 is 6.37. The standard InChI is InChI=1S/C30H24ClN7O3/c1-18(39)20-8-10-24-25(13-20)34-30(33-24)27(12-19-6-4-3-5-7-19)37-16-28(41-2)23(15-29(37)40)22-14-21(31)9-11-26(22)38-17-32-35-36-38/h3-11,13-17,27H,12H2,1-2H3,(H,33,34). The van der Waals surface area contributed by atoms with Crippen molar-refractivity contribution in [2.75, 3.05) is 7.11 Å². The lowest BCUT2D eigenvalue weighted by Gasteiger charge is -2.21. The van der Waals surface area contributed by atoms with Gasteiger partial charge in [-0.25, -0.2) is 4.98 Å². The van der Waals surface area contributed by atoms with E-state index < -0.39 is 6.04 Å². The highest BCUT2D eigenvalue weighted by Crippen LogP contribution is 2.36. The second-order valence-corrected chi connectivity index (χ2v) is 9.97. The van der Waals surface area contributed by atoms with E-state index in [2.05, 4.69) is 20.5 Å². The molecule has 3 heterocycles. The summed E-state index contributed by atoms with van der Waals surface area (Å²) < 4.78 is 8.92. The quantitative estimate of drug-likeness (QED) is 0.256. The van der Waals surface area contributed by atoms with E-state index in [0.717, 1.165) is 5.56 Å². The zero-order chi connectivity index (χ0) is 28.5. The van der Waals surface area contributed by atoms with E-state index in [1.54, 1.807) is 54.3 Å². The maximum absolute atomic E-state index is 13.9. The van der Waals surface area contributed by atoms with Gasteiger partial charge in [0.15, 0.2) is 5.78 Å². The predicted molar refractivity (Wildman–Crippen MR) is 155 cm³/mol. The lowest BCUT2D eigenvalue weighted by Crippen LogP contribution is -2.27. The highest BCUT2D eigenvalue weighted by atomic mass is 35.5. The third-order valence-electron chi connectivity index (χ3n) is 6.94. The number of benzene rings is 3. The molecule has 0 amide bonds. The number of aromatic nitrogens is 7. The van der Waals surface area contributed by atoms with Crippen molar-refractivity contribution < 1.29 is 9.53 Å². The van der Waals surface area contributed by atoms with Gasteiger partial charge in [-0.2, -0.15) is 4.68 Å². The van der Waals surface area contributed by atoms with Gasteiger partial charge in [0.05, 0.1) is 36.1 Å². The molecule has 10 nitrogen and oxygen atoms in total. The number of ether oxygens (including phenoxy) is 1. The number of hydrogen-bond acceptors (Lipinski definition) is 7. The number of Topliss-reactive ketones (excluding diaryl/α,β-unsaturated/α-hetero) is 1. The number of pyridine rings is 1. The number of rotatable bonds is 8. The smallest absolute Gasteiger partial charge is 0.252 e. The number of imidazole rings is 1. The first-order chi connectivity index (χ1) is 19.9. The molecule has 204 valence electrons. The fraction of sp³-hybridized carbons (Fsp3) is 0.133. The zero-order valence-electron chi connectivity index (χ0n) is 22.2. The van der Waals surface area contributed by atoms with Crippen LogP contribution in [0.4, 0.5) is 0 Å². The average Bonchev–Trinajstić information content (AvgIpc) is 3.66. The van der Waals surface area contributed by atoms with Gasteiger partial charge in [-0.1, -0.05) is 41.9 Å². The number of halogens is 1. The number of aromatic amines is 1. The van der Waals surface area contributed by atoms with Crippen molar-refractivity contribution in [3.8, 4) is 22.6 Å². The van der Waals surface area contributed by atoms with Crippen LogP contribution in [0.2, 0.25) is 5.02 Å². The summed E-state index contributed by atoms with van der Waals surface area (Å²) in [6.45, 7) is 1.52. The summed E-state index contributed by atoms with van der Waals surface area (Å²) in [6.07, 6.45) is 3.63. The van der Waals surface area contributed by atoms with Crippen molar-refractivity contribution in [2.24, 2.45) is 0 Å². The Morgan fingerprint density at radius 1 is 1.05 bits per heavy atom. The lowest BCUT2D eigenvalue weighted by atomic mass is 10.0. The highest BCUT2D eigenvalue weighted by Gasteiger charge is 2.23. The zero-order valence-corrected chi connectivity index (χ0v) is 22.9. The number of tetrazole rings is 1. The Morgan fingerprint density at radius 2 is 1.88 bits per heavy atom. The fourth-order valence-corrected chi connectivity index (χ4v) is 5.08. The number of methoxy groups -OCH3 is 1. The van der Waals surface area contributed by atoms with Crippen molar-refractivity contribution in [1.82, 2.24) is 34.7 Å². The normalized spacial score (nSPS) is 12.0. The first kappa shape index (κ1) is 26.1. The molecule has 0 aliphatic carbocycles. The average molecular weight is 566 g/mol. The Balaban J connectivity index is 1.51. The van der Waals surface area contributed by atoms with Crippen LogP contribution < -0.4 is 10.3 Å². The van der Waals surface area contributed by atoms with Crippen molar-refractivity contribution in [3.63, 3.8) is 0 Å². The van der Waals surface area contributed by atoms with Crippen LogP contribution >= 0.6 is 11.6 Å². The Hall–Kier alpha value is -5.09. The van der Waals surface area contributed by atoms with E-state index in [9.17, 15) is 9.59 Å². The molecule has 3 aromatic heterocycles. The summed E-state index contributed by atoms with van der Waals surface area (Å²) in [5.41, 5.74) is 4.55. The van der Waals surface area contributed by atoms with E-state index >= 15 is 0 Å². The van der Waals surface area contributed by atoms with Gasteiger partial charge in [0.1, 0.15) is 17.9 Å². The van der Waals surface area contributed by atoms with E-state index in [4.69, 9.17) is 21.3 Å². The van der Waals surface area contributed by atoms with Crippen LogP contribution in [0.15, 0.2) is 90.1 Å². The molecule has 0 saturated heterocycles. The molecule has 0 saturated carbocycles. The third-order valence-corrected chi connectivity index (χ3v) is 7.17. The molecule has 0 fully saturated rings. The minimum Gasteiger partial charge on any atom is -0.495 e. The number of H-pyrrole nitrogens is 1. The van der Waals surface area contributed by atoms with Crippen LogP contribution in [0.3, 0.4) is 0 Å². The molecule has 11 heteroatoms. The Labute approximate surface area is 239 Å². The van der Waals surface area contributed by atoms with Crippen molar-refractivity contribution >= 4 is 28.4 Å². The van der Waals surface area contributed by atoms with Crippen molar-refractivity contribution in [3.05, 3.63) is 118 Å². The topological polar surface area (TPSA) is 121 Å². The number of ketones is 1. The third kappa shape index (κ3) is 5.12. The first-order valence-electron chi connectivity index (χ1n) is 12.8. The second kappa shape index (κ2) is 10.8. The molecule has 0 aliphatic rings. The molecule has 3 aromatic carbocycles. The maximum Gasteiger partial charge on any atom is 0.252 e. The molecule has 0 bridgehead atoms. The molecule has 41 heavy (non-hydrogen) atoms. The molecule has 1 unspecified atom stereocenters. The molecule has 6 aromatic rings. The van der Waals surface area contributed by atoms with Crippen molar-refractivity contribution in [2.45, 2.75) is 19.4 Å². The summed E-state index contributed by atoms with van der Waals surface area (Å²) in [7, 11) is 1.55. The molecular weight excluding hydrogens is 542 g/mol. The van der Waals surface area contributed by atoms with E-state index in [-0.39, 0.29) is 11.3 Å². The summed E-state index contributed by atoms with van der Waals surface area (Å²) in [6, 6.07) is 21.5. The van der Waals surface area contributed by atoms with Gasteiger partial charge in [-0.3, -0.25) is 9.59 Å². The molecule has 0 aliphatic heterocycles. The summed E-state index contributed by atoms with van der Waals surface area (Å²) in [4.78, 5) is 34.0. The van der Waals surface area contributed by atoms with Crippen LogP contribution in [0, 0.1) is 0 Å². The number of nitrogens with zero attached hydrogens (tertiary/aromatic N) is 6. The van der Waals surface area contributed by atoms with Crippen LogP contribution in [0.1, 0.15) is 34.7 Å². The monoisotopic (exact) mass is 565 g/mol. The van der Waals surface area contributed by atoms with E-state index in [1.807, 2.05) is 30.3 Å². The van der Waals surface area contributed by atoms with Crippen molar-refractivity contribution in [1.29, 1.82) is 0 Å². The fourth-order valence-electron chi connectivity index (χ4n) is 4.91. The molecule has 6 rings (SSSR count). The van der Waals surface area contributed by atoms with E-state index in [1.165, 1.54) is 24.0 Å². The van der Waals surface area contributed by atoms with E-state index in [0.29, 0.717) is 56.4 Å². The number of hydrogen-bond donors (Lipinski definition) is 1. The largest absolute Gasteiger partial charge is 0.495 e. The van der Waals surface area contributed by atoms with Crippen LogP contribution in [0.25, 0.3) is 27.8 Å². The summed E-state index contributed by atoms with van der Waals surface area (Å²) in [5.74, 6) is 0.996. The highest BCUT2D eigenvalue weighted by molar-refractivity contribution is 6.31. The number of carbonyl (C=O) groups is 1. The summed E-state index contributed by atoms with van der Waals surface area (Å²) in [5, 5.41) is 12.0. The Kier molecular flexibility index (Phi) is 6.90. The SMILES string of the molecule is COc1cn(C(Cc2ccccc2)c2nc3ccc(C(C)=O)cc3[nH]2)c(=O)cc1-c1cc(Cl)ccc1-n1cnnn1. The van der Waals surface area contributed by atoms with Crippen LogP contribution in [-0.2, 0) is 6.42 Å². The number of carbonyl (C=O) groups excluding carboxylic acids is 1. The maximum atomic E-state index is 13.9. The molecule has 0 radical (unpaired) electrons. The Morgan fingerprint density at radius 3 is 2.61 bits per heavy atom. The lowest BCUT2D eigenvalue weighted by molar-refractivity contribution is 0.101. The Bertz CT molecular complexity index is 1930. The molecule has 1 N–H and O–H groups in total. The number of fused-ring (bicyclic) bond motifs is 1. The number of nitrogens with one attached hydrogen (secondary N) is 1. The van der Waals surface area contributed by atoms with Gasteiger partial charge in [0, 0.05) is 34.2 Å². The van der Waals surface area contributed by atoms with Crippen LogP contribution in [-0.4, -0.2) is 47.6 Å². The van der Waals surface area contributed by atoms with Gasteiger partial charge in [0.25, 0.3) is 5.56 Å². The predicted octanol–water partition coefficient (Wildman–Crippen LogP) is 5.06. The minimum absolute atomic E-state index is 0.0394. The second-order valence-electron chi connectivity index (χ2n) is 9.53.